The minimum Gasteiger partial charge on any atom is -0.182 e. The molecule has 11 heteroatoms. The van der Waals surface area contributed by atoms with Gasteiger partial charge in [-0.15, -0.1) is 10.2 Å². The van der Waals surface area contributed by atoms with Crippen molar-refractivity contribution in [2.45, 2.75) is 12.4 Å². The van der Waals surface area contributed by atoms with Gasteiger partial charge in [-0.1, -0.05) is 35.6 Å². The van der Waals surface area contributed by atoms with Gasteiger partial charge in [0.15, 0.2) is 5.82 Å². The summed E-state index contributed by atoms with van der Waals surface area (Å²) in [5.74, 6) is 0.234. The molecule has 2 aromatic carbocycles. The van der Waals surface area contributed by atoms with E-state index in [0.29, 0.717) is 21.1 Å². The van der Waals surface area contributed by atoms with Crippen LogP contribution in [0.5, 0.6) is 0 Å². The molecule has 0 atom stereocenters. The number of aromatic nitrogens is 4. The third-order valence-corrected chi connectivity index (χ3v) is 4.87. The first-order valence-corrected chi connectivity index (χ1v) is 8.52. The molecule has 0 bridgehead atoms. The van der Waals surface area contributed by atoms with Crippen LogP contribution in [0.2, 0.25) is 0 Å². The van der Waals surface area contributed by atoms with Crippen LogP contribution in [0.4, 0.5) is 26.3 Å². The van der Waals surface area contributed by atoms with Gasteiger partial charge in [0.25, 0.3) is 0 Å². The van der Waals surface area contributed by atoms with Crippen molar-refractivity contribution in [3.05, 3.63) is 59.7 Å². The maximum Gasteiger partial charge on any atom is 0.416 e. The highest BCUT2D eigenvalue weighted by molar-refractivity contribution is 7.19. The molecule has 4 aromatic rings. The first-order valence-electron chi connectivity index (χ1n) is 7.70. The van der Waals surface area contributed by atoms with Crippen LogP contribution in [0.1, 0.15) is 11.1 Å². The van der Waals surface area contributed by atoms with Gasteiger partial charge in [0.2, 0.25) is 4.96 Å². The summed E-state index contributed by atoms with van der Waals surface area (Å²) >= 11 is 1.10. The van der Waals surface area contributed by atoms with Gasteiger partial charge in [-0.25, -0.2) is 0 Å². The third-order valence-electron chi connectivity index (χ3n) is 3.92. The van der Waals surface area contributed by atoms with Crippen LogP contribution >= 0.6 is 11.3 Å². The van der Waals surface area contributed by atoms with E-state index in [1.807, 2.05) is 0 Å². The van der Waals surface area contributed by atoms with Gasteiger partial charge in [-0.3, -0.25) is 0 Å². The first-order chi connectivity index (χ1) is 13.1. The predicted molar refractivity (Wildman–Crippen MR) is 89.5 cm³/mol. The summed E-state index contributed by atoms with van der Waals surface area (Å²) in [4.78, 5) is 0.366. The van der Waals surface area contributed by atoms with Crippen LogP contribution in [-0.4, -0.2) is 19.8 Å². The third kappa shape index (κ3) is 3.33. The number of hydrogen-bond donors (Lipinski definition) is 0. The Labute approximate surface area is 157 Å². The first kappa shape index (κ1) is 18.4. The molecule has 0 saturated carbocycles. The highest BCUT2D eigenvalue weighted by Crippen LogP contribution is 2.34. The zero-order valence-corrected chi connectivity index (χ0v) is 14.4. The summed E-state index contributed by atoms with van der Waals surface area (Å²) in [6.45, 7) is 0. The summed E-state index contributed by atoms with van der Waals surface area (Å²) in [5.41, 5.74) is -0.725. The number of rotatable bonds is 2. The molecule has 0 radical (unpaired) electrons. The van der Waals surface area contributed by atoms with E-state index in [0.717, 1.165) is 35.6 Å². The molecule has 0 aliphatic rings. The minimum absolute atomic E-state index is 0.234. The Morgan fingerprint density at radius 2 is 1.18 bits per heavy atom. The van der Waals surface area contributed by atoms with Gasteiger partial charge in [-0.05, 0) is 24.3 Å². The molecule has 0 saturated heterocycles. The summed E-state index contributed by atoms with van der Waals surface area (Å²) in [7, 11) is 0. The van der Waals surface area contributed by atoms with Crippen molar-refractivity contribution in [3.63, 3.8) is 0 Å². The molecule has 144 valence electrons. The average Bonchev–Trinajstić information content (AvgIpc) is 3.21. The minimum atomic E-state index is -4.45. The SMILES string of the molecule is FC(F)(F)c1ccc(-c2nn3c(-c4ccc(C(F)(F)F)cc4)nnc3s2)cc1. The van der Waals surface area contributed by atoms with Crippen LogP contribution in [0.25, 0.3) is 26.9 Å². The van der Waals surface area contributed by atoms with Crippen molar-refractivity contribution < 1.29 is 26.3 Å². The highest BCUT2D eigenvalue weighted by Gasteiger charge is 2.31. The van der Waals surface area contributed by atoms with Crippen molar-refractivity contribution >= 4 is 16.3 Å². The van der Waals surface area contributed by atoms with E-state index in [2.05, 4.69) is 15.3 Å². The lowest BCUT2D eigenvalue weighted by atomic mass is 10.1. The zero-order chi connectivity index (χ0) is 20.1. The van der Waals surface area contributed by atoms with Crippen LogP contribution < -0.4 is 0 Å². The van der Waals surface area contributed by atoms with Crippen molar-refractivity contribution in [2.24, 2.45) is 0 Å². The molecule has 0 fully saturated rings. The fourth-order valence-corrected chi connectivity index (χ4v) is 3.37. The van der Waals surface area contributed by atoms with Crippen LogP contribution in [0.3, 0.4) is 0 Å². The molecule has 4 rings (SSSR count). The Morgan fingerprint density at radius 3 is 1.68 bits per heavy atom. The lowest BCUT2D eigenvalue weighted by molar-refractivity contribution is -0.138. The number of hydrogen-bond acceptors (Lipinski definition) is 4. The molecule has 0 aliphatic carbocycles. The van der Waals surface area contributed by atoms with Crippen molar-refractivity contribution in [1.82, 2.24) is 19.8 Å². The average molecular weight is 414 g/mol. The van der Waals surface area contributed by atoms with Gasteiger partial charge < -0.3 is 0 Å². The molecule has 2 heterocycles. The lowest BCUT2D eigenvalue weighted by Crippen LogP contribution is -2.04. The van der Waals surface area contributed by atoms with Crippen molar-refractivity contribution in [3.8, 4) is 22.0 Å². The van der Waals surface area contributed by atoms with Crippen molar-refractivity contribution in [2.75, 3.05) is 0 Å². The normalized spacial score (nSPS) is 12.6. The van der Waals surface area contributed by atoms with Gasteiger partial charge in [0, 0.05) is 11.1 Å². The lowest BCUT2D eigenvalue weighted by Gasteiger charge is -2.06. The smallest absolute Gasteiger partial charge is 0.182 e. The Hall–Kier alpha value is -2.95. The highest BCUT2D eigenvalue weighted by atomic mass is 32.1. The molecular formula is C17H8F6N4S. The molecule has 0 unspecified atom stereocenters. The summed E-state index contributed by atoms with van der Waals surface area (Å²) in [6.07, 6.45) is -8.88. The van der Waals surface area contributed by atoms with E-state index in [1.54, 1.807) is 0 Å². The Morgan fingerprint density at radius 1 is 0.679 bits per heavy atom. The molecule has 0 N–H and O–H groups in total. The summed E-state index contributed by atoms with van der Waals surface area (Å²) in [6, 6.07) is 8.88. The van der Waals surface area contributed by atoms with Crippen LogP contribution in [0.15, 0.2) is 48.5 Å². The number of fused-ring (bicyclic) bond motifs is 1. The van der Waals surface area contributed by atoms with Gasteiger partial charge in [0.05, 0.1) is 11.1 Å². The maximum atomic E-state index is 12.7. The Kier molecular flexibility index (Phi) is 4.14. The van der Waals surface area contributed by atoms with E-state index in [1.165, 1.54) is 28.8 Å². The largest absolute Gasteiger partial charge is 0.416 e. The molecule has 0 spiro atoms. The second-order valence-corrected chi connectivity index (χ2v) is 6.73. The van der Waals surface area contributed by atoms with E-state index in [-0.39, 0.29) is 5.82 Å². The molecule has 0 aliphatic heterocycles. The van der Waals surface area contributed by atoms with Crippen LogP contribution in [-0.2, 0) is 12.4 Å². The fourth-order valence-electron chi connectivity index (χ4n) is 2.52. The van der Waals surface area contributed by atoms with E-state index < -0.39 is 23.5 Å². The standard InChI is InChI=1S/C17H8F6N4S/c18-16(19,20)11-5-1-9(2-6-11)13-24-25-15-27(13)26-14(28-15)10-3-7-12(8-4-10)17(21,22)23/h1-8H. The molecule has 4 nitrogen and oxygen atoms in total. The van der Waals surface area contributed by atoms with E-state index in [9.17, 15) is 26.3 Å². The maximum absolute atomic E-state index is 12.7. The quantitative estimate of drug-likeness (QED) is 0.404. The number of benzene rings is 2. The number of halogens is 6. The fraction of sp³-hybridized carbons (Fsp3) is 0.118. The molecule has 2 aromatic heterocycles. The number of alkyl halides is 6. The topological polar surface area (TPSA) is 43.1 Å². The molecule has 0 amide bonds. The van der Waals surface area contributed by atoms with Gasteiger partial charge in [0.1, 0.15) is 5.01 Å². The Bertz CT molecular complexity index is 1120. The second-order valence-electron chi connectivity index (χ2n) is 5.78. The zero-order valence-electron chi connectivity index (χ0n) is 13.6. The molecular weight excluding hydrogens is 406 g/mol. The van der Waals surface area contributed by atoms with Crippen molar-refractivity contribution in [1.29, 1.82) is 0 Å². The van der Waals surface area contributed by atoms with Crippen LogP contribution in [0, 0.1) is 0 Å². The predicted octanol–water partition coefficient (Wildman–Crippen LogP) is 5.56. The molecule has 28 heavy (non-hydrogen) atoms. The van der Waals surface area contributed by atoms with E-state index in [4.69, 9.17) is 0 Å². The number of nitrogens with zero attached hydrogens (tertiary/aromatic N) is 4. The summed E-state index contributed by atoms with van der Waals surface area (Å²) < 4.78 is 77.5. The van der Waals surface area contributed by atoms with Gasteiger partial charge >= 0.3 is 12.4 Å². The summed E-state index contributed by atoms with van der Waals surface area (Å²) in [5, 5.41) is 12.6. The monoisotopic (exact) mass is 414 g/mol. The van der Waals surface area contributed by atoms with E-state index >= 15 is 0 Å². The second kappa shape index (κ2) is 6.30. The Balaban J connectivity index is 1.69. The van der Waals surface area contributed by atoms with Gasteiger partial charge in [-0.2, -0.15) is 36.0 Å².